The van der Waals surface area contributed by atoms with Crippen molar-refractivity contribution in [2.75, 3.05) is 38.8 Å². The highest BCUT2D eigenvalue weighted by Crippen LogP contribution is 2.51. The summed E-state index contributed by atoms with van der Waals surface area (Å²) in [6.45, 7) is 2.43. The molecule has 5 atom stereocenters. The van der Waals surface area contributed by atoms with Crippen LogP contribution in [0.5, 0.6) is 0 Å². The average molecular weight is 505 g/mol. The van der Waals surface area contributed by atoms with Crippen molar-refractivity contribution in [2.45, 2.75) is 37.9 Å². The van der Waals surface area contributed by atoms with Crippen molar-refractivity contribution in [1.29, 1.82) is 0 Å². The minimum Gasteiger partial charge on any atom is -0.387 e. The topological polar surface area (TPSA) is 182 Å². The number of carbonyl (C=O) groups is 1. The molecule has 0 radical (unpaired) electrons. The van der Waals surface area contributed by atoms with E-state index in [1.54, 1.807) is 0 Å². The van der Waals surface area contributed by atoms with Crippen molar-refractivity contribution in [3.8, 4) is 0 Å². The van der Waals surface area contributed by atoms with Gasteiger partial charge in [-0.1, -0.05) is 11.8 Å². The van der Waals surface area contributed by atoms with E-state index in [1.165, 1.54) is 49.4 Å². The molecule has 0 bridgehead atoms. The number of aromatic nitrogens is 3. The largest absolute Gasteiger partial charge is 0.407 e. The van der Waals surface area contributed by atoms with Crippen molar-refractivity contribution in [3.63, 3.8) is 0 Å². The Bertz CT molecular complexity index is 1120. The zero-order valence-electron chi connectivity index (χ0n) is 18.6. The normalized spacial score (nSPS) is 27.3. The van der Waals surface area contributed by atoms with Crippen molar-refractivity contribution < 1.29 is 33.4 Å². The highest BCUT2D eigenvalue weighted by molar-refractivity contribution is 8.13. The maximum atomic E-state index is 13.1. The monoisotopic (exact) mass is 505 g/mol. The van der Waals surface area contributed by atoms with Crippen LogP contribution in [0, 0.1) is 0 Å². The number of nitrogens with zero attached hydrogens (tertiary/aromatic N) is 3. The lowest BCUT2D eigenvalue weighted by Crippen LogP contribution is -2.44. The van der Waals surface area contributed by atoms with Crippen LogP contribution in [0.3, 0.4) is 0 Å². The van der Waals surface area contributed by atoms with Crippen LogP contribution in [0.25, 0.3) is 11.0 Å². The molecule has 1 aliphatic rings. The first kappa shape index (κ1) is 25.8. The molecule has 0 amide bonds. The third-order valence-corrected chi connectivity index (χ3v) is 7.88. The summed E-state index contributed by atoms with van der Waals surface area (Å²) in [6.07, 6.45) is -2.16. The Morgan fingerprint density at radius 1 is 1.48 bits per heavy atom. The van der Waals surface area contributed by atoms with Crippen LogP contribution in [-0.2, 0) is 23.1 Å². The molecule has 1 saturated heterocycles. The second kappa shape index (κ2) is 9.84. The molecular weight excluding hydrogens is 477 g/mol. The smallest absolute Gasteiger partial charge is 0.387 e. The molecule has 184 valence electrons. The first-order valence-corrected chi connectivity index (χ1v) is 12.5. The number of hydrogen-bond donors (Lipinski definition) is 4. The van der Waals surface area contributed by atoms with Crippen molar-refractivity contribution in [1.82, 2.24) is 19.2 Å². The molecule has 13 nitrogen and oxygen atoms in total. The summed E-state index contributed by atoms with van der Waals surface area (Å²) in [5, 5.41) is 21.8. The maximum Gasteiger partial charge on any atom is 0.407 e. The van der Waals surface area contributed by atoms with Crippen LogP contribution in [0.1, 0.15) is 20.1 Å². The van der Waals surface area contributed by atoms with Gasteiger partial charge in [0.05, 0.1) is 18.6 Å². The number of nitrogens with two attached hydrogens (primary N) is 1. The number of anilines is 1. The van der Waals surface area contributed by atoms with E-state index in [1.807, 2.05) is 0 Å². The second-order valence-corrected chi connectivity index (χ2v) is 11.4. The zero-order valence-corrected chi connectivity index (χ0v) is 20.3. The van der Waals surface area contributed by atoms with E-state index < -0.39 is 37.3 Å². The van der Waals surface area contributed by atoms with E-state index in [0.29, 0.717) is 5.75 Å². The van der Waals surface area contributed by atoms with Crippen molar-refractivity contribution in [2.24, 2.45) is 0 Å². The van der Waals surface area contributed by atoms with Gasteiger partial charge in [0, 0.05) is 18.9 Å². The number of nitrogens with one attached hydrogen (secondary N) is 1. The number of fused-ring (bicyclic) bond motifs is 1. The Hall–Kier alpha value is -1.77. The minimum atomic E-state index is -3.75. The Kier molecular flexibility index (Phi) is 7.71. The van der Waals surface area contributed by atoms with Gasteiger partial charge in [-0.15, -0.1) is 0 Å². The van der Waals surface area contributed by atoms with E-state index in [9.17, 15) is 24.4 Å². The molecule has 2 unspecified atom stereocenters. The van der Waals surface area contributed by atoms with E-state index in [4.69, 9.17) is 19.5 Å². The molecule has 1 aliphatic heterocycles. The summed E-state index contributed by atoms with van der Waals surface area (Å²) in [6, 6.07) is 1.49. The van der Waals surface area contributed by atoms with E-state index in [-0.39, 0.29) is 35.3 Å². The van der Waals surface area contributed by atoms with Gasteiger partial charge >= 0.3 is 7.75 Å². The quantitative estimate of drug-likeness (QED) is 0.270. The van der Waals surface area contributed by atoms with Crippen LogP contribution in [0.15, 0.2) is 17.1 Å². The average Bonchev–Trinajstić information content (AvgIpc) is 3.22. The molecule has 0 aliphatic carbocycles. The van der Waals surface area contributed by atoms with Gasteiger partial charge in [-0.3, -0.25) is 23.6 Å². The first-order chi connectivity index (χ1) is 15.4. The van der Waals surface area contributed by atoms with Gasteiger partial charge in [0.15, 0.2) is 17.0 Å². The number of rotatable bonds is 9. The van der Waals surface area contributed by atoms with E-state index in [2.05, 4.69) is 9.97 Å². The molecule has 2 aromatic heterocycles. The van der Waals surface area contributed by atoms with E-state index >= 15 is 0 Å². The van der Waals surface area contributed by atoms with Gasteiger partial charge in [0.25, 0.3) is 5.56 Å². The number of aliphatic hydroxyl groups excluding tert-OH is 1. The van der Waals surface area contributed by atoms with Gasteiger partial charge in [-0.05, 0) is 27.1 Å². The summed E-state index contributed by atoms with van der Waals surface area (Å²) in [5.41, 5.74) is 3.55. The Morgan fingerprint density at radius 2 is 2.18 bits per heavy atom. The number of thioether (sulfide) groups is 1. The number of H-pyrrole nitrogens is 1. The summed E-state index contributed by atoms with van der Waals surface area (Å²) >= 11 is 1.03. The second-order valence-electron chi connectivity index (χ2n) is 7.89. The van der Waals surface area contributed by atoms with Crippen LogP contribution in [0.4, 0.5) is 5.95 Å². The fourth-order valence-electron chi connectivity index (χ4n) is 3.40. The Labute approximate surface area is 193 Å². The minimum absolute atomic E-state index is 0.00508. The summed E-state index contributed by atoms with van der Waals surface area (Å²) in [7, 11) is -0.743. The lowest BCUT2D eigenvalue weighted by molar-refractivity contribution is -0.109. The highest BCUT2D eigenvalue weighted by Gasteiger charge is 2.54. The number of ether oxygens (including phenoxy) is 1. The number of aromatic amines is 1. The van der Waals surface area contributed by atoms with Gasteiger partial charge in [-0.25, -0.2) is 9.24 Å². The number of aliphatic hydroxyl groups is 2. The van der Waals surface area contributed by atoms with Crippen LogP contribution >= 0.6 is 19.5 Å². The number of hydrogen-bond acceptors (Lipinski definition) is 11. The molecule has 0 saturated carbocycles. The van der Waals surface area contributed by atoms with Crippen molar-refractivity contribution >= 4 is 41.6 Å². The number of carbonyl (C=O) groups excluding carboxylic acids is 1. The molecule has 33 heavy (non-hydrogen) atoms. The zero-order chi connectivity index (χ0) is 24.6. The van der Waals surface area contributed by atoms with Crippen molar-refractivity contribution in [3.05, 3.63) is 22.6 Å². The Balaban J connectivity index is 1.76. The fraction of sp³-hybridized carbons (Fsp3) is 0.611. The predicted octanol–water partition coefficient (Wildman–Crippen LogP) is 0.299. The third-order valence-electron chi connectivity index (χ3n) is 5.14. The lowest BCUT2D eigenvalue weighted by atomic mass is 9.96. The molecule has 0 aromatic carbocycles. The SMILES string of the molecule is CC(=O)SCCOP(=O)(OC[C@H]1O[C@@H](n2ccc3c(=O)[nH]c(N)nc32)[C@@](C)(O)C1O)N(C)C. The summed E-state index contributed by atoms with van der Waals surface area (Å²) in [5.74, 6) is 0.184. The first-order valence-electron chi connectivity index (χ1n) is 9.99. The molecular formula is C18H28N5O8PS. The molecule has 3 heterocycles. The number of nitrogen functional groups attached to an aromatic ring is 1. The maximum absolute atomic E-state index is 13.1. The molecule has 0 spiro atoms. The van der Waals surface area contributed by atoms with Gasteiger partial charge in [0.1, 0.15) is 17.8 Å². The molecule has 1 fully saturated rings. The highest BCUT2D eigenvalue weighted by atomic mass is 32.2. The van der Waals surface area contributed by atoms with E-state index in [0.717, 1.165) is 11.8 Å². The van der Waals surface area contributed by atoms with Crippen LogP contribution in [0.2, 0.25) is 0 Å². The fourth-order valence-corrected chi connectivity index (χ4v) is 5.17. The van der Waals surface area contributed by atoms with Crippen LogP contribution in [-0.4, -0.2) is 85.4 Å². The van der Waals surface area contributed by atoms with Gasteiger partial charge in [-0.2, -0.15) is 4.98 Å². The lowest BCUT2D eigenvalue weighted by Gasteiger charge is -2.28. The van der Waals surface area contributed by atoms with Gasteiger partial charge < -0.3 is 25.3 Å². The summed E-state index contributed by atoms with van der Waals surface area (Å²) in [4.78, 5) is 29.6. The Morgan fingerprint density at radius 3 is 2.82 bits per heavy atom. The third kappa shape index (κ3) is 5.33. The van der Waals surface area contributed by atoms with Gasteiger partial charge in [0.2, 0.25) is 5.95 Å². The predicted molar refractivity (Wildman–Crippen MR) is 122 cm³/mol. The molecule has 2 aromatic rings. The molecule has 3 rings (SSSR count). The molecule has 5 N–H and O–H groups in total. The standard InChI is InChI=1S/C18H28N5O8PS/c1-10(24)33-8-7-29-32(28,22(3)4)30-9-12-13(25)18(2,27)16(31-12)23-6-5-11-14(23)20-17(19)21-15(11)26/h5-6,12-13,16,25,27H,7-9H2,1-4H3,(H3,19,20,21,26)/t12-,13?,16-,18+,32?/m1/s1. The van der Waals surface area contributed by atoms with Crippen LogP contribution < -0.4 is 11.3 Å². The summed E-state index contributed by atoms with van der Waals surface area (Å²) < 4.78 is 32.5. The molecule has 15 heteroatoms.